The predicted octanol–water partition coefficient (Wildman–Crippen LogP) is 3.34. The molecule has 1 unspecified atom stereocenters. The van der Waals surface area contributed by atoms with E-state index in [9.17, 15) is 13.2 Å². The lowest BCUT2D eigenvalue weighted by Gasteiger charge is -2.15. The van der Waals surface area contributed by atoms with Crippen LogP contribution in [-0.2, 0) is 0 Å². The normalized spacial score (nSPS) is 13.1. The highest BCUT2D eigenvalue weighted by molar-refractivity contribution is 5.31. The van der Waals surface area contributed by atoms with Crippen molar-refractivity contribution in [3.05, 3.63) is 24.3 Å². The van der Waals surface area contributed by atoms with Crippen LogP contribution in [0.5, 0.6) is 11.5 Å². The van der Waals surface area contributed by atoms with Crippen molar-refractivity contribution < 1.29 is 22.6 Å². The van der Waals surface area contributed by atoms with Crippen LogP contribution in [-0.4, -0.2) is 19.5 Å². The smallest absolute Gasteiger partial charge is 0.493 e. The highest BCUT2D eigenvalue weighted by Crippen LogP contribution is 2.24. The molecular weight excluding hydrogens is 259 g/mol. The molecule has 1 aromatic carbocycles. The van der Waals surface area contributed by atoms with Gasteiger partial charge < -0.3 is 15.2 Å². The molecule has 0 aliphatic carbocycles. The van der Waals surface area contributed by atoms with Gasteiger partial charge in [-0.05, 0) is 37.2 Å². The number of nitrogens with two attached hydrogens (primary N) is 1. The summed E-state index contributed by atoms with van der Waals surface area (Å²) in [6.07, 6.45) is -2.69. The third-order valence-electron chi connectivity index (χ3n) is 2.57. The fourth-order valence-corrected chi connectivity index (χ4v) is 1.63. The van der Waals surface area contributed by atoms with Crippen LogP contribution in [0.1, 0.15) is 19.8 Å². The van der Waals surface area contributed by atoms with Gasteiger partial charge in [0.05, 0.1) is 6.61 Å². The first-order chi connectivity index (χ1) is 8.94. The largest absolute Gasteiger partial charge is 0.573 e. The maximum Gasteiger partial charge on any atom is 0.573 e. The van der Waals surface area contributed by atoms with Crippen LogP contribution < -0.4 is 15.2 Å². The van der Waals surface area contributed by atoms with Crippen molar-refractivity contribution >= 4 is 0 Å². The molecule has 6 heteroatoms. The third kappa shape index (κ3) is 6.33. The Morgan fingerprint density at radius 2 is 1.74 bits per heavy atom. The lowest BCUT2D eigenvalue weighted by atomic mass is 10.1. The summed E-state index contributed by atoms with van der Waals surface area (Å²) >= 11 is 0. The quantitative estimate of drug-likeness (QED) is 0.831. The molecule has 0 aliphatic heterocycles. The molecule has 0 aliphatic rings. The first-order valence-corrected chi connectivity index (χ1v) is 6.13. The Morgan fingerprint density at radius 3 is 2.21 bits per heavy atom. The van der Waals surface area contributed by atoms with Crippen molar-refractivity contribution in [2.75, 3.05) is 13.2 Å². The highest BCUT2D eigenvalue weighted by atomic mass is 19.4. The number of rotatable bonds is 7. The average Bonchev–Trinajstić information content (AvgIpc) is 2.34. The van der Waals surface area contributed by atoms with E-state index in [2.05, 4.69) is 11.7 Å². The molecule has 0 amide bonds. The maximum absolute atomic E-state index is 12.0. The number of alkyl halides is 3. The van der Waals surface area contributed by atoms with E-state index in [1.54, 1.807) is 0 Å². The standard InChI is InChI=1S/C13H18F3NO2/c1-2-3-10(8-17)9-18-11-4-6-12(7-5-11)19-13(14,15)16/h4-7,10H,2-3,8-9,17H2,1H3. The van der Waals surface area contributed by atoms with Crippen LogP contribution in [0.4, 0.5) is 13.2 Å². The molecule has 0 radical (unpaired) electrons. The second-order valence-electron chi connectivity index (χ2n) is 4.22. The van der Waals surface area contributed by atoms with Crippen molar-refractivity contribution in [2.24, 2.45) is 11.7 Å². The van der Waals surface area contributed by atoms with Crippen molar-refractivity contribution in [1.29, 1.82) is 0 Å². The van der Waals surface area contributed by atoms with Gasteiger partial charge in [0, 0.05) is 5.92 Å². The highest BCUT2D eigenvalue weighted by Gasteiger charge is 2.30. The van der Waals surface area contributed by atoms with E-state index in [1.165, 1.54) is 24.3 Å². The Hall–Kier alpha value is -1.43. The van der Waals surface area contributed by atoms with E-state index in [4.69, 9.17) is 10.5 Å². The zero-order valence-corrected chi connectivity index (χ0v) is 10.7. The van der Waals surface area contributed by atoms with Gasteiger partial charge in [-0.25, -0.2) is 0 Å². The first-order valence-electron chi connectivity index (χ1n) is 6.13. The summed E-state index contributed by atoms with van der Waals surface area (Å²) < 4.78 is 45.1. The van der Waals surface area contributed by atoms with Crippen molar-refractivity contribution in [2.45, 2.75) is 26.1 Å². The number of benzene rings is 1. The second-order valence-corrected chi connectivity index (χ2v) is 4.22. The van der Waals surface area contributed by atoms with Gasteiger partial charge in [-0.3, -0.25) is 0 Å². The summed E-state index contributed by atoms with van der Waals surface area (Å²) in [4.78, 5) is 0. The fraction of sp³-hybridized carbons (Fsp3) is 0.538. The van der Waals surface area contributed by atoms with Crippen LogP contribution in [0.15, 0.2) is 24.3 Å². The summed E-state index contributed by atoms with van der Waals surface area (Å²) in [5, 5.41) is 0. The lowest BCUT2D eigenvalue weighted by Crippen LogP contribution is -2.21. The van der Waals surface area contributed by atoms with Gasteiger partial charge in [0.15, 0.2) is 0 Å². The molecule has 0 saturated heterocycles. The molecule has 2 N–H and O–H groups in total. The van der Waals surface area contributed by atoms with Gasteiger partial charge in [0.2, 0.25) is 0 Å². The molecular formula is C13H18F3NO2. The summed E-state index contributed by atoms with van der Waals surface area (Å²) in [7, 11) is 0. The minimum atomic E-state index is -4.67. The molecule has 0 fully saturated rings. The Kier molecular flexibility index (Phi) is 5.95. The molecule has 19 heavy (non-hydrogen) atoms. The Balaban J connectivity index is 2.48. The minimum absolute atomic E-state index is 0.260. The first kappa shape index (κ1) is 15.6. The van der Waals surface area contributed by atoms with Crippen molar-refractivity contribution in [1.82, 2.24) is 0 Å². The van der Waals surface area contributed by atoms with Gasteiger partial charge in [-0.15, -0.1) is 13.2 Å². The molecule has 3 nitrogen and oxygen atoms in total. The Morgan fingerprint density at radius 1 is 1.16 bits per heavy atom. The van der Waals surface area contributed by atoms with E-state index in [1.807, 2.05) is 0 Å². The number of ether oxygens (including phenoxy) is 2. The fourth-order valence-electron chi connectivity index (χ4n) is 1.63. The maximum atomic E-state index is 12.0. The van der Waals surface area contributed by atoms with Crippen LogP contribution in [0.3, 0.4) is 0 Å². The summed E-state index contributed by atoms with van der Waals surface area (Å²) in [6, 6.07) is 5.33. The summed E-state index contributed by atoms with van der Waals surface area (Å²) in [5.41, 5.74) is 5.59. The number of halogens is 3. The van der Waals surface area contributed by atoms with E-state index < -0.39 is 6.36 Å². The lowest BCUT2D eigenvalue weighted by molar-refractivity contribution is -0.274. The van der Waals surface area contributed by atoms with Crippen LogP contribution >= 0.6 is 0 Å². The predicted molar refractivity (Wildman–Crippen MR) is 66.1 cm³/mol. The summed E-state index contributed by atoms with van der Waals surface area (Å²) in [6.45, 7) is 3.05. The summed E-state index contributed by atoms with van der Waals surface area (Å²) in [5.74, 6) is 0.504. The van der Waals surface area contributed by atoms with Crippen molar-refractivity contribution in [3.8, 4) is 11.5 Å². The van der Waals surface area contributed by atoms with E-state index in [0.717, 1.165) is 12.8 Å². The van der Waals surface area contributed by atoms with Gasteiger partial charge in [0.25, 0.3) is 0 Å². The molecule has 0 spiro atoms. The van der Waals surface area contributed by atoms with E-state index >= 15 is 0 Å². The number of hydrogen-bond acceptors (Lipinski definition) is 3. The molecule has 0 saturated carbocycles. The van der Waals surface area contributed by atoms with Crippen LogP contribution in [0, 0.1) is 5.92 Å². The molecule has 0 aromatic heterocycles. The number of hydrogen-bond donors (Lipinski definition) is 1. The minimum Gasteiger partial charge on any atom is -0.493 e. The molecule has 1 atom stereocenters. The van der Waals surface area contributed by atoms with Gasteiger partial charge >= 0.3 is 6.36 Å². The molecule has 1 rings (SSSR count). The molecule has 0 heterocycles. The van der Waals surface area contributed by atoms with Crippen LogP contribution in [0.2, 0.25) is 0 Å². The van der Waals surface area contributed by atoms with Crippen molar-refractivity contribution in [3.63, 3.8) is 0 Å². The SMILES string of the molecule is CCCC(CN)COc1ccc(OC(F)(F)F)cc1. The Bertz CT molecular complexity index is 365. The Labute approximate surface area is 110 Å². The average molecular weight is 277 g/mol. The zero-order valence-electron chi connectivity index (χ0n) is 10.7. The zero-order chi connectivity index (χ0) is 14.3. The van der Waals surface area contributed by atoms with Gasteiger partial charge in [0.1, 0.15) is 11.5 Å². The van der Waals surface area contributed by atoms with E-state index in [0.29, 0.717) is 18.9 Å². The van der Waals surface area contributed by atoms with Gasteiger partial charge in [-0.2, -0.15) is 0 Å². The monoisotopic (exact) mass is 277 g/mol. The molecule has 0 bridgehead atoms. The van der Waals surface area contributed by atoms with Crippen LogP contribution in [0.25, 0.3) is 0 Å². The molecule has 108 valence electrons. The van der Waals surface area contributed by atoms with Gasteiger partial charge in [-0.1, -0.05) is 13.3 Å². The molecule has 1 aromatic rings. The van der Waals surface area contributed by atoms with E-state index in [-0.39, 0.29) is 11.7 Å². The third-order valence-corrected chi connectivity index (χ3v) is 2.57. The second kappa shape index (κ2) is 7.23. The topological polar surface area (TPSA) is 44.5 Å².